The van der Waals surface area contributed by atoms with Gasteiger partial charge < -0.3 is 14.5 Å². The van der Waals surface area contributed by atoms with Gasteiger partial charge in [0.25, 0.3) is 0 Å². The lowest BCUT2D eigenvalue weighted by Gasteiger charge is -2.08. The van der Waals surface area contributed by atoms with Crippen LogP contribution in [0.4, 0.5) is 5.69 Å². The van der Waals surface area contributed by atoms with Crippen LogP contribution in [0, 0.1) is 11.3 Å². The maximum Gasteiger partial charge on any atom is 0.143 e. The second-order valence-corrected chi connectivity index (χ2v) is 8.80. The molecule has 162 valence electrons. The van der Waals surface area contributed by atoms with Crippen molar-refractivity contribution in [2.45, 2.75) is 0 Å². The number of ether oxygens (including phenoxy) is 1. The van der Waals surface area contributed by atoms with Gasteiger partial charge in [-0.25, -0.2) is 4.98 Å². The quantitative estimate of drug-likeness (QED) is 0.252. The zero-order valence-electron chi connectivity index (χ0n) is 17.2. The first kappa shape index (κ1) is 21.4. The summed E-state index contributed by atoms with van der Waals surface area (Å²) in [6.07, 6.45) is 1.61. The first-order valence-electron chi connectivity index (χ1n) is 9.85. The van der Waals surface area contributed by atoms with Gasteiger partial charge in [0, 0.05) is 34.0 Å². The summed E-state index contributed by atoms with van der Waals surface area (Å²) in [6.45, 7) is 0. The predicted molar refractivity (Wildman–Crippen MR) is 135 cm³/mol. The van der Waals surface area contributed by atoms with E-state index in [1.165, 1.54) is 11.3 Å². The van der Waals surface area contributed by atoms with Gasteiger partial charge in [-0.1, -0.05) is 47.5 Å². The Kier molecular flexibility index (Phi) is 5.69. The Morgan fingerprint density at radius 2 is 1.94 bits per heavy atom. The van der Waals surface area contributed by atoms with Crippen molar-refractivity contribution in [1.82, 2.24) is 4.98 Å². The van der Waals surface area contributed by atoms with E-state index in [-0.39, 0.29) is 0 Å². The predicted octanol–water partition coefficient (Wildman–Crippen LogP) is 8.00. The van der Waals surface area contributed by atoms with Crippen molar-refractivity contribution in [2.24, 2.45) is 0 Å². The number of halogens is 2. The van der Waals surface area contributed by atoms with E-state index in [0.717, 1.165) is 33.2 Å². The second-order valence-electron chi connectivity index (χ2n) is 7.13. The topological polar surface area (TPSA) is 71.1 Å². The Morgan fingerprint density at radius 3 is 2.73 bits per heavy atom. The fraction of sp³-hybridized carbons (Fsp3) is 0.0400. The van der Waals surface area contributed by atoms with Gasteiger partial charge in [0.1, 0.15) is 33.6 Å². The molecule has 5 aromatic rings. The van der Waals surface area contributed by atoms with Crippen molar-refractivity contribution >= 4 is 67.7 Å². The first-order chi connectivity index (χ1) is 16.1. The molecule has 0 unspecified atom stereocenters. The first-order valence-corrected chi connectivity index (χ1v) is 11.5. The molecule has 0 aliphatic carbocycles. The molecule has 0 amide bonds. The molecule has 0 aliphatic rings. The van der Waals surface area contributed by atoms with Crippen molar-refractivity contribution < 1.29 is 9.15 Å². The maximum atomic E-state index is 9.73. The Balaban J connectivity index is 1.47. The van der Waals surface area contributed by atoms with Gasteiger partial charge in [-0.2, -0.15) is 5.26 Å². The van der Waals surface area contributed by atoms with Gasteiger partial charge >= 0.3 is 0 Å². The summed E-state index contributed by atoms with van der Waals surface area (Å²) in [6, 6.07) is 19.2. The number of thiazole rings is 1. The summed E-state index contributed by atoms with van der Waals surface area (Å²) in [5.74, 6) is 0.637. The van der Waals surface area contributed by atoms with E-state index in [0.29, 0.717) is 32.1 Å². The fourth-order valence-corrected chi connectivity index (χ4v) is 4.60. The van der Waals surface area contributed by atoms with Gasteiger partial charge in [-0.15, -0.1) is 11.3 Å². The van der Waals surface area contributed by atoms with Crippen LogP contribution in [0.15, 0.2) is 70.6 Å². The number of nitrogens with zero attached hydrogens (tertiary/aromatic N) is 2. The van der Waals surface area contributed by atoms with Crippen molar-refractivity contribution in [2.75, 3.05) is 12.4 Å². The maximum absolute atomic E-state index is 9.73. The smallest absolute Gasteiger partial charge is 0.143 e. The number of furan rings is 1. The van der Waals surface area contributed by atoms with E-state index in [2.05, 4.69) is 16.4 Å². The van der Waals surface area contributed by atoms with Crippen LogP contribution >= 0.6 is 34.5 Å². The van der Waals surface area contributed by atoms with Crippen LogP contribution in [-0.4, -0.2) is 12.1 Å². The number of para-hydroxylation sites is 1. The van der Waals surface area contributed by atoms with E-state index < -0.39 is 0 Å². The van der Waals surface area contributed by atoms with Crippen molar-refractivity contribution in [1.29, 1.82) is 5.26 Å². The molecule has 0 aliphatic heterocycles. The lowest BCUT2D eigenvalue weighted by atomic mass is 10.1. The molecule has 0 bridgehead atoms. The van der Waals surface area contributed by atoms with Gasteiger partial charge in [0.2, 0.25) is 0 Å². The largest absolute Gasteiger partial charge is 0.495 e. The molecular formula is C25H15Cl2N3O2S. The van der Waals surface area contributed by atoms with E-state index in [1.54, 1.807) is 25.4 Å². The van der Waals surface area contributed by atoms with Crippen LogP contribution in [-0.2, 0) is 0 Å². The molecule has 0 radical (unpaired) electrons. The zero-order valence-corrected chi connectivity index (χ0v) is 19.6. The number of benzene rings is 3. The van der Waals surface area contributed by atoms with E-state index in [9.17, 15) is 5.26 Å². The molecule has 0 saturated carbocycles. The molecule has 1 N–H and O–H groups in total. The third-order valence-corrected chi connectivity index (χ3v) is 6.76. The third kappa shape index (κ3) is 4.03. The minimum absolute atomic E-state index is 0.387. The fourth-order valence-electron chi connectivity index (χ4n) is 3.51. The molecule has 5 rings (SSSR count). The Labute approximate surface area is 203 Å². The SMILES string of the molecule is COc1cc2c(cc1NC=C(C#N)c1nc(-c3ccc(Cl)c(Cl)c3)cs1)oc1ccccc12. The van der Waals surface area contributed by atoms with Crippen LogP contribution in [0.3, 0.4) is 0 Å². The zero-order chi connectivity index (χ0) is 22.9. The van der Waals surface area contributed by atoms with Gasteiger partial charge in [-0.3, -0.25) is 0 Å². The highest BCUT2D eigenvalue weighted by Crippen LogP contribution is 2.37. The second kappa shape index (κ2) is 8.80. The number of rotatable bonds is 5. The summed E-state index contributed by atoms with van der Waals surface area (Å²) in [4.78, 5) is 4.59. The molecule has 2 aromatic heterocycles. The lowest BCUT2D eigenvalue weighted by Crippen LogP contribution is -1.95. The molecule has 8 heteroatoms. The van der Waals surface area contributed by atoms with Crippen molar-refractivity contribution in [3.8, 4) is 23.1 Å². The standard InChI is InChI=1S/C25H15Cl2N3O2S/c1-31-24-9-17-16-4-2-3-5-22(16)32-23(17)10-20(24)29-12-15(11-28)25-30-21(13-33-25)14-6-7-18(26)19(27)8-14/h2-10,12-13,29H,1H3. The van der Waals surface area contributed by atoms with Gasteiger partial charge in [0.05, 0.1) is 28.5 Å². The average molecular weight is 492 g/mol. The highest BCUT2D eigenvalue weighted by Gasteiger charge is 2.13. The minimum atomic E-state index is 0.387. The monoisotopic (exact) mass is 491 g/mol. The molecule has 0 saturated heterocycles. The summed E-state index contributed by atoms with van der Waals surface area (Å²) in [5, 5.41) is 18.3. The number of fused-ring (bicyclic) bond motifs is 3. The van der Waals surface area contributed by atoms with Crippen LogP contribution in [0.25, 0.3) is 38.8 Å². The van der Waals surface area contributed by atoms with Crippen LogP contribution in [0.5, 0.6) is 5.75 Å². The summed E-state index contributed by atoms with van der Waals surface area (Å²) in [7, 11) is 1.61. The highest BCUT2D eigenvalue weighted by molar-refractivity contribution is 7.11. The van der Waals surface area contributed by atoms with E-state index >= 15 is 0 Å². The van der Waals surface area contributed by atoms with E-state index in [1.807, 2.05) is 47.8 Å². The molecule has 0 spiro atoms. The number of aromatic nitrogens is 1. The summed E-state index contributed by atoms with van der Waals surface area (Å²) >= 11 is 13.5. The number of allylic oxidation sites excluding steroid dienone is 1. The van der Waals surface area contributed by atoms with Crippen LogP contribution in [0.1, 0.15) is 5.01 Å². The van der Waals surface area contributed by atoms with Crippen molar-refractivity contribution in [3.05, 3.63) is 81.2 Å². The number of nitriles is 1. The lowest BCUT2D eigenvalue weighted by molar-refractivity contribution is 0.417. The van der Waals surface area contributed by atoms with E-state index in [4.69, 9.17) is 32.4 Å². The minimum Gasteiger partial charge on any atom is -0.495 e. The molecule has 0 fully saturated rings. The highest BCUT2D eigenvalue weighted by atomic mass is 35.5. The number of hydrogen-bond donors (Lipinski definition) is 1. The van der Waals surface area contributed by atoms with Crippen molar-refractivity contribution in [3.63, 3.8) is 0 Å². The molecule has 3 aromatic carbocycles. The summed E-state index contributed by atoms with van der Waals surface area (Å²) in [5.41, 5.74) is 4.14. The van der Waals surface area contributed by atoms with Crippen LogP contribution in [0.2, 0.25) is 10.0 Å². The number of anilines is 1. The van der Waals surface area contributed by atoms with Gasteiger partial charge in [-0.05, 0) is 24.3 Å². The molecule has 2 heterocycles. The number of nitrogens with one attached hydrogen (secondary N) is 1. The summed E-state index contributed by atoms with van der Waals surface area (Å²) < 4.78 is 11.5. The Bertz CT molecular complexity index is 1580. The number of methoxy groups -OCH3 is 1. The molecule has 0 atom stereocenters. The van der Waals surface area contributed by atoms with Gasteiger partial charge in [0.15, 0.2) is 0 Å². The molecule has 33 heavy (non-hydrogen) atoms. The Hall–Kier alpha value is -3.50. The third-order valence-electron chi connectivity index (χ3n) is 5.14. The average Bonchev–Trinajstić information content (AvgIpc) is 3.45. The van der Waals surface area contributed by atoms with Crippen LogP contribution < -0.4 is 10.1 Å². The number of hydrogen-bond acceptors (Lipinski definition) is 6. The normalized spacial score (nSPS) is 11.6. The molecule has 5 nitrogen and oxygen atoms in total. The molecular weight excluding hydrogens is 477 g/mol. The Morgan fingerprint density at radius 1 is 1.09 bits per heavy atom.